The zero-order valence-electron chi connectivity index (χ0n) is 12.0. The molecule has 2 unspecified atom stereocenters. The van der Waals surface area contributed by atoms with Crippen molar-refractivity contribution in [3.05, 3.63) is 35.4 Å². The molecule has 2 N–H and O–H groups in total. The minimum Gasteiger partial charge on any atom is -0.373 e. The lowest BCUT2D eigenvalue weighted by Crippen LogP contribution is -2.48. The Bertz CT molecular complexity index is 549. The van der Waals surface area contributed by atoms with E-state index >= 15 is 0 Å². The van der Waals surface area contributed by atoms with Crippen molar-refractivity contribution in [1.82, 2.24) is 4.31 Å². The smallest absolute Gasteiger partial charge is 0.218 e. The van der Waals surface area contributed by atoms with Gasteiger partial charge in [-0.25, -0.2) is 8.42 Å². The van der Waals surface area contributed by atoms with Gasteiger partial charge in [-0.15, -0.1) is 0 Å². The second kappa shape index (κ2) is 6.22. The molecular formula is C14H22N2O3S. The summed E-state index contributed by atoms with van der Waals surface area (Å²) in [6.07, 6.45) is -0.142. The number of nitrogens with zero attached hydrogens (tertiary/aromatic N) is 1. The fourth-order valence-corrected chi connectivity index (χ4v) is 4.27. The highest BCUT2D eigenvalue weighted by atomic mass is 32.2. The van der Waals surface area contributed by atoms with E-state index < -0.39 is 10.0 Å². The van der Waals surface area contributed by atoms with Gasteiger partial charge in [0.2, 0.25) is 10.0 Å². The second-order valence-electron chi connectivity index (χ2n) is 5.30. The first-order chi connectivity index (χ1) is 9.42. The van der Waals surface area contributed by atoms with Crippen LogP contribution in [0.2, 0.25) is 0 Å². The maximum Gasteiger partial charge on any atom is 0.218 e. The molecule has 1 saturated heterocycles. The van der Waals surface area contributed by atoms with Gasteiger partial charge < -0.3 is 10.5 Å². The fraction of sp³-hybridized carbons (Fsp3) is 0.571. The molecular weight excluding hydrogens is 276 g/mol. The molecule has 0 aliphatic carbocycles. The highest BCUT2D eigenvalue weighted by Crippen LogP contribution is 2.19. The minimum atomic E-state index is -3.34. The number of benzene rings is 1. The van der Waals surface area contributed by atoms with Gasteiger partial charge in [-0.05, 0) is 25.0 Å². The molecule has 5 nitrogen and oxygen atoms in total. The predicted molar refractivity (Wildman–Crippen MR) is 78.5 cm³/mol. The molecule has 0 bridgehead atoms. The number of ether oxygens (including phenoxy) is 1. The summed E-state index contributed by atoms with van der Waals surface area (Å²) in [7, 11) is -3.34. The van der Waals surface area contributed by atoms with Crippen LogP contribution in [0.4, 0.5) is 0 Å². The van der Waals surface area contributed by atoms with Gasteiger partial charge in [-0.1, -0.05) is 24.3 Å². The standard InChI is InChI=1S/C14H22N2O3S/c1-11-8-16(9-12(2)19-11)20(17,18)10-14-6-4-3-5-13(14)7-15/h3-6,11-12H,7-10,15H2,1-2H3. The SMILES string of the molecule is CC1CN(S(=O)(=O)Cc2ccccc2CN)CC(C)O1. The fourth-order valence-electron chi connectivity index (χ4n) is 2.54. The predicted octanol–water partition coefficient (Wildman–Crippen LogP) is 1.08. The van der Waals surface area contributed by atoms with E-state index in [0.717, 1.165) is 11.1 Å². The van der Waals surface area contributed by atoms with Crippen LogP contribution in [0, 0.1) is 0 Å². The summed E-state index contributed by atoms with van der Waals surface area (Å²) >= 11 is 0. The van der Waals surface area contributed by atoms with Crippen molar-refractivity contribution >= 4 is 10.0 Å². The van der Waals surface area contributed by atoms with E-state index in [1.54, 1.807) is 0 Å². The molecule has 1 aromatic carbocycles. The zero-order chi connectivity index (χ0) is 14.8. The molecule has 2 atom stereocenters. The van der Waals surface area contributed by atoms with Gasteiger partial charge in [0.05, 0.1) is 18.0 Å². The summed E-state index contributed by atoms with van der Waals surface area (Å²) in [4.78, 5) is 0. The van der Waals surface area contributed by atoms with Crippen LogP contribution in [0.5, 0.6) is 0 Å². The van der Waals surface area contributed by atoms with Crippen LogP contribution in [-0.4, -0.2) is 38.0 Å². The van der Waals surface area contributed by atoms with Gasteiger partial charge in [0, 0.05) is 19.6 Å². The minimum absolute atomic E-state index is 0.000185. The first kappa shape index (κ1) is 15.4. The van der Waals surface area contributed by atoms with E-state index in [9.17, 15) is 8.42 Å². The normalized spacial score (nSPS) is 24.8. The molecule has 6 heteroatoms. The van der Waals surface area contributed by atoms with Crippen molar-refractivity contribution in [3.8, 4) is 0 Å². The summed E-state index contributed by atoms with van der Waals surface area (Å²) in [6, 6.07) is 7.41. The van der Waals surface area contributed by atoms with Gasteiger partial charge in [0.25, 0.3) is 0 Å². The molecule has 1 heterocycles. The largest absolute Gasteiger partial charge is 0.373 e. The van der Waals surface area contributed by atoms with Crippen LogP contribution < -0.4 is 5.73 Å². The molecule has 1 fully saturated rings. The lowest BCUT2D eigenvalue weighted by Gasteiger charge is -2.34. The number of hydrogen-bond acceptors (Lipinski definition) is 4. The van der Waals surface area contributed by atoms with E-state index in [4.69, 9.17) is 10.5 Å². The lowest BCUT2D eigenvalue weighted by molar-refractivity contribution is -0.0441. The van der Waals surface area contributed by atoms with Crippen molar-refractivity contribution in [2.24, 2.45) is 5.73 Å². The molecule has 0 spiro atoms. The summed E-state index contributed by atoms with van der Waals surface area (Å²) in [5.41, 5.74) is 7.32. The van der Waals surface area contributed by atoms with Gasteiger partial charge in [0.15, 0.2) is 0 Å². The Hall–Kier alpha value is -0.950. The van der Waals surface area contributed by atoms with Crippen molar-refractivity contribution < 1.29 is 13.2 Å². The monoisotopic (exact) mass is 298 g/mol. The van der Waals surface area contributed by atoms with Crippen LogP contribution in [0.25, 0.3) is 0 Å². The number of morpholine rings is 1. The second-order valence-corrected chi connectivity index (χ2v) is 7.27. The first-order valence-corrected chi connectivity index (χ1v) is 8.43. The van der Waals surface area contributed by atoms with Crippen LogP contribution >= 0.6 is 0 Å². The molecule has 0 saturated carbocycles. The highest BCUT2D eigenvalue weighted by Gasteiger charge is 2.31. The Labute approximate surface area is 120 Å². The third-order valence-electron chi connectivity index (χ3n) is 3.46. The molecule has 0 aromatic heterocycles. The van der Waals surface area contributed by atoms with E-state index in [1.165, 1.54) is 4.31 Å². The summed E-state index contributed by atoms with van der Waals surface area (Å²) in [5, 5.41) is 0. The Balaban J connectivity index is 2.18. The number of rotatable bonds is 4. The van der Waals surface area contributed by atoms with Gasteiger partial charge >= 0.3 is 0 Å². The first-order valence-electron chi connectivity index (χ1n) is 6.82. The van der Waals surface area contributed by atoms with E-state index in [1.807, 2.05) is 38.1 Å². The third kappa shape index (κ3) is 3.58. The number of hydrogen-bond donors (Lipinski definition) is 1. The van der Waals surface area contributed by atoms with Crippen molar-refractivity contribution in [3.63, 3.8) is 0 Å². The Kier molecular flexibility index (Phi) is 4.80. The van der Waals surface area contributed by atoms with Gasteiger partial charge in [-0.2, -0.15) is 4.31 Å². The van der Waals surface area contributed by atoms with Crippen LogP contribution in [-0.2, 0) is 27.1 Å². The van der Waals surface area contributed by atoms with Crippen molar-refractivity contribution in [2.75, 3.05) is 13.1 Å². The highest BCUT2D eigenvalue weighted by molar-refractivity contribution is 7.88. The molecule has 20 heavy (non-hydrogen) atoms. The van der Waals surface area contributed by atoms with Crippen LogP contribution in [0.1, 0.15) is 25.0 Å². The Morgan fingerprint density at radius 1 is 1.20 bits per heavy atom. The van der Waals surface area contributed by atoms with E-state index in [0.29, 0.717) is 19.6 Å². The lowest BCUT2D eigenvalue weighted by atomic mass is 10.1. The van der Waals surface area contributed by atoms with Gasteiger partial charge in [0.1, 0.15) is 0 Å². The molecule has 0 amide bonds. The van der Waals surface area contributed by atoms with Crippen LogP contribution in [0.15, 0.2) is 24.3 Å². The van der Waals surface area contributed by atoms with Crippen molar-refractivity contribution in [1.29, 1.82) is 0 Å². The Morgan fingerprint density at radius 3 is 2.30 bits per heavy atom. The van der Waals surface area contributed by atoms with Gasteiger partial charge in [-0.3, -0.25) is 0 Å². The molecule has 1 aliphatic rings. The molecule has 112 valence electrons. The molecule has 1 aromatic rings. The third-order valence-corrected chi connectivity index (χ3v) is 5.22. The maximum atomic E-state index is 12.5. The zero-order valence-corrected chi connectivity index (χ0v) is 12.8. The van der Waals surface area contributed by atoms with Crippen molar-refractivity contribution in [2.45, 2.75) is 38.4 Å². The van der Waals surface area contributed by atoms with Crippen LogP contribution in [0.3, 0.4) is 0 Å². The Morgan fingerprint density at radius 2 is 1.75 bits per heavy atom. The molecule has 2 rings (SSSR count). The summed E-state index contributed by atoms with van der Waals surface area (Å²) < 4.78 is 32.2. The maximum absolute atomic E-state index is 12.5. The summed E-state index contributed by atoms with van der Waals surface area (Å²) in [5.74, 6) is -0.000185. The average molecular weight is 298 g/mol. The average Bonchev–Trinajstić information content (AvgIpc) is 2.38. The molecule has 0 radical (unpaired) electrons. The number of sulfonamides is 1. The number of nitrogens with two attached hydrogens (primary N) is 1. The molecule has 1 aliphatic heterocycles. The van der Waals surface area contributed by atoms with E-state index in [2.05, 4.69) is 0 Å². The quantitative estimate of drug-likeness (QED) is 0.903. The topological polar surface area (TPSA) is 72.6 Å². The van der Waals surface area contributed by atoms with E-state index in [-0.39, 0.29) is 18.0 Å². The summed E-state index contributed by atoms with van der Waals surface area (Å²) in [6.45, 7) is 4.97.